The average Bonchev–Trinajstić information content (AvgIpc) is 3.29. The minimum absolute atomic E-state index is 0.0218. The number of sulfone groups is 1. The number of hydrogen-bond acceptors (Lipinski definition) is 6. The number of nitrogens with one attached hydrogen (secondary N) is 1. The molecule has 3 heterocycles. The van der Waals surface area contributed by atoms with E-state index in [0.29, 0.717) is 43.9 Å². The Labute approximate surface area is 186 Å². The van der Waals surface area contributed by atoms with Crippen LogP contribution in [0, 0.1) is 12.7 Å². The van der Waals surface area contributed by atoms with Gasteiger partial charge in [-0.25, -0.2) is 25.9 Å². The monoisotopic (exact) mass is 484 g/mol. The van der Waals surface area contributed by atoms with Crippen molar-refractivity contribution in [1.29, 1.82) is 0 Å². The second-order valence-electron chi connectivity index (χ2n) is 8.24. The first-order valence-corrected chi connectivity index (χ1v) is 13.7. The van der Waals surface area contributed by atoms with Crippen LogP contribution in [0.3, 0.4) is 0 Å². The Hall–Kier alpha value is -2.31. The fourth-order valence-corrected chi connectivity index (χ4v) is 7.43. The molecule has 2 aliphatic rings. The van der Waals surface area contributed by atoms with Crippen molar-refractivity contribution in [2.24, 2.45) is 0 Å². The Bertz CT molecular complexity index is 1250. The topological polar surface area (TPSA) is 118 Å². The van der Waals surface area contributed by atoms with Gasteiger partial charge < -0.3 is 5.32 Å². The van der Waals surface area contributed by atoms with Crippen LogP contribution in [0.15, 0.2) is 29.2 Å². The Kier molecular flexibility index (Phi) is 6.12. The lowest BCUT2D eigenvalue weighted by Gasteiger charge is -2.26. The van der Waals surface area contributed by atoms with Crippen LogP contribution in [0.4, 0.5) is 10.2 Å². The summed E-state index contributed by atoms with van der Waals surface area (Å²) in [5, 5.41) is 6.98. The van der Waals surface area contributed by atoms with E-state index in [4.69, 9.17) is 0 Å². The van der Waals surface area contributed by atoms with E-state index in [-0.39, 0.29) is 17.1 Å². The average molecular weight is 485 g/mol. The van der Waals surface area contributed by atoms with Gasteiger partial charge in [-0.15, -0.1) is 0 Å². The summed E-state index contributed by atoms with van der Waals surface area (Å²) >= 11 is 0. The van der Waals surface area contributed by atoms with Crippen LogP contribution in [-0.2, 0) is 19.9 Å². The van der Waals surface area contributed by atoms with Gasteiger partial charge in [-0.05, 0) is 44.4 Å². The van der Waals surface area contributed by atoms with E-state index in [2.05, 4.69) is 10.4 Å². The fraction of sp³-hybridized carbons (Fsp3) is 0.500. The summed E-state index contributed by atoms with van der Waals surface area (Å²) in [5.74, 6) is -1.25. The van der Waals surface area contributed by atoms with Gasteiger partial charge in [0.05, 0.1) is 23.2 Å². The molecule has 174 valence electrons. The summed E-state index contributed by atoms with van der Waals surface area (Å²) in [6.07, 6.45) is 2.73. The van der Waals surface area contributed by atoms with E-state index >= 15 is 0 Å². The van der Waals surface area contributed by atoms with Crippen molar-refractivity contribution in [3.63, 3.8) is 0 Å². The maximum atomic E-state index is 14.4. The van der Waals surface area contributed by atoms with E-state index < -0.39 is 42.5 Å². The number of anilines is 1. The number of aryl methyl sites for hydroxylation is 1. The Balaban J connectivity index is 1.60. The van der Waals surface area contributed by atoms with Crippen molar-refractivity contribution in [2.45, 2.75) is 43.5 Å². The number of sulfonamides is 1. The van der Waals surface area contributed by atoms with Gasteiger partial charge in [-0.2, -0.15) is 9.40 Å². The fourth-order valence-electron chi connectivity index (χ4n) is 4.13. The number of aromatic nitrogens is 2. The molecule has 0 spiro atoms. The Morgan fingerprint density at radius 2 is 1.91 bits per heavy atom. The highest BCUT2D eigenvalue weighted by Crippen LogP contribution is 2.28. The summed E-state index contributed by atoms with van der Waals surface area (Å²) in [4.78, 5) is 12.4. The minimum atomic E-state index is -4.06. The maximum absolute atomic E-state index is 14.4. The van der Waals surface area contributed by atoms with Crippen LogP contribution < -0.4 is 5.32 Å². The number of carbonyl (C=O) groups excluding carboxylic acids is 1. The predicted molar refractivity (Wildman–Crippen MR) is 116 cm³/mol. The van der Waals surface area contributed by atoms with Crippen LogP contribution in [-0.4, -0.2) is 61.4 Å². The Morgan fingerprint density at radius 1 is 1.19 bits per heavy atom. The van der Waals surface area contributed by atoms with Crippen LogP contribution >= 0.6 is 0 Å². The van der Waals surface area contributed by atoms with Gasteiger partial charge in [0.2, 0.25) is 10.0 Å². The van der Waals surface area contributed by atoms with Gasteiger partial charge in [-0.1, -0.05) is 6.42 Å². The zero-order valence-electron chi connectivity index (χ0n) is 17.6. The quantitative estimate of drug-likeness (QED) is 0.695. The molecule has 1 unspecified atom stereocenters. The predicted octanol–water partition coefficient (Wildman–Crippen LogP) is 2.12. The normalized spacial score (nSPS) is 21.5. The molecule has 1 atom stereocenters. The zero-order chi connectivity index (χ0) is 23.1. The van der Waals surface area contributed by atoms with Crippen LogP contribution in [0.25, 0.3) is 0 Å². The number of rotatable bonds is 5. The molecular formula is C20H25FN4O5S2. The molecule has 0 aliphatic carbocycles. The first-order chi connectivity index (χ1) is 15.1. The molecule has 2 aromatic rings. The molecule has 0 saturated carbocycles. The first kappa shape index (κ1) is 22.9. The van der Waals surface area contributed by atoms with Gasteiger partial charge in [0.15, 0.2) is 9.84 Å². The van der Waals surface area contributed by atoms with Crippen molar-refractivity contribution in [1.82, 2.24) is 14.1 Å². The summed E-state index contributed by atoms with van der Waals surface area (Å²) in [7, 11) is -7.21. The smallest absolute Gasteiger partial charge is 0.256 e. The number of nitrogens with zero attached hydrogens (tertiary/aromatic N) is 3. The first-order valence-electron chi connectivity index (χ1n) is 10.4. The molecule has 2 saturated heterocycles. The lowest BCUT2D eigenvalue weighted by molar-refractivity contribution is 0.102. The maximum Gasteiger partial charge on any atom is 0.256 e. The summed E-state index contributed by atoms with van der Waals surface area (Å²) in [6.45, 7) is 2.36. The van der Waals surface area contributed by atoms with Crippen molar-refractivity contribution in [3.05, 3.63) is 41.3 Å². The highest BCUT2D eigenvalue weighted by atomic mass is 32.2. The number of halogens is 1. The largest absolute Gasteiger partial charge is 0.307 e. The molecule has 0 bridgehead atoms. The molecule has 1 N–H and O–H groups in total. The number of hydrogen-bond donors (Lipinski definition) is 1. The van der Waals surface area contributed by atoms with Crippen molar-refractivity contribution in [3.8, 4) is 0 Å². The molecule has 32 heavy (non-hydrogen) atoms. The van der Waals surface area contributed by atoms with Gasteiger partial charge in [0.1, 0.15) is 16.5 Å². The van der Waals surface area contributed by atoms with Gasteiger partial charge in [0.25, 0.3) is 5.91 Å². The van der Waals surface area contributed by atoms with E-state index in [9.17, 15) is 26.0 Å². The molecule has 2 aliphatic heterocycles. The van der Waals surface area contributed by atoms with Crippen LogP contribution in [0.1, 0.15) is 47.8 Å². The van der Waals surface area contributed by atoms with Gasteiger partial charge in [0, 0.05) is 24.7 Å². The van der Waals surface area contributed by atoms with E-state index in [1.54, 1.807) is 13.0 Å². The highest BCUT2D eigenvalue weighted by Gasteiger charge is 2.32. The third kappa shape index (κ3) is 4.57. The van der Waals surface area contributed by atoms with Crippen molar-refractivity contribution in [2.75, 3.05) is 29.9 Å². The number of piperidine rings is 1. The third-order valence-corrected chi connectivity index (χ3v) is 9.44. The molecular weight excluding hydrogens is 459 g/mol. The van der Waals surface area contributed by atoms with Crippen LogP contribution in [0.5, 0.6) is 0 Å². The molecule has 0 radical (unpaired) electrons. The SMILES string of the molecule is Cc1cc(NC(=O)c2ccc(F)c(S(=O)(=O)N3CCCCC3)c2)n(C2CCS(=O)(=O)C2)n1. The number of carbonyl (C=O) groups is 1. The molecule has 9 nitrogen and oxygen atoms in total. The van der Waals surface area contributed by atoms with Crippen molar-refractivity contribution >= 4 is 31.6 Å². The third-order valence-electron chi connectivity index (χ3n) is 5.78. The van der Waals surface area contributed by atoms with Gasteiger partial charge in [-0.3, -0.25) is 4.79 Å². The zero-order valence-corrected chi connectivity index (χ0v) is 19.3. The van der Waals surface area contributed by atoms with Gasteiger partial charge >= 0.3 is 0 Å². The second kappa shape index (κ2) is 8.56. The molecule has 1 aromatic carbocycles. The second-order valence-corrected chi connectivity index (χ2v) is 12.4. The van der Waals surface area contributed by atoms with Crippen molar-refractivity contribution < 1.29 is 26.0 Å². The number of amides is 1. The molecule has 12 heteroatoms. The highest BCUT2D eigenvalue weighted by molar-refractivity contribution is 7.91. The van der Waals surface area contributed by atoms with Crippen LogP contribution in [0.2, 0.25) is 0 Å². The molecule has 4 rings (SSSR count). The summed E-state index contributed by atoms with van der Waals surface area (Å²) < 4.78 is 66.7. The van der Waals surface area contributed by atoms with E-state index in [1.807, 2.05) is 0 Å². The summed E-state index contributed by atoms with van der Waals surface area (Å²) in [5.41, 5.74) is 0.573. The Morgan fingerprint density at radius 3 is 2.56 bits per heavy atom. The molecule has 1 aromatic heterocycles. The molecule has 2 fully saturated rings. The summed E-state index contributed by atoms with van der Waals surface area (Å²) in [6, 6.07) is 4.44. The van der Waals surface area contributed by atoms with E-state index in [0.717, 1.165) is 18.6 Å². The molecule has 1 amide bonds. The lowest BCUT2D eigenvalue weighted by Crippen LogP contribution is -2.36. The lowest BCUT2D eigenvalue weighted by atomic mass is 10.2. The standard InChI is InChI=1S/C20H25FN4O5S2/c1-14-11-19(25(23-14)16-7-10-31(27,28)13-16)22-20(26)15-5-6-17(21)18(12-15)32(29,30)24-8-3-2-4-9-24/h5-6,11-12,16H,2-4,7-10,13H2,1H3,(H,22,26). The minimum Gasteiger partial charge on any atom is -0.307 e. The van der Waals surface area contributed by atoms with E-state index in [1.165, 1.54) is 15.1 Å². The number of benzene rings is 1.